The molecule has 0 saturated heterocycles. The van der Waals surface area contributed by atoms with Crippen molar-refractivity contribution in [1.82, 2.24) is 19.7 Å². The predicted molar refractivity (Wildman–Crippen MR) is 113 cm³/mol. The van der Waals surface area contributed by atoms with Crippen LogP contribution in [0.4, 0.5) is 13.2 Å². The highest BCUT2D eigenvalue weighted by Gasteiger charge is 2.42. The number of aromatic nitrogens is 3. The second-order valence-corrected chi connectivity index (χ2v) is 8.68. The molecule has 6 nitrogen and oxygen atoms in total. The smallest absolute Gasteiger partial charge is 0.389 e. The molecule has 0 amide bonds. The van der Waals surface area contributed by atoms with Gasteiger partial charge in [-0.1, -0.05) is 11.6 Å². The number of nitrogens with zero attached hydrogens (tertiary/aromatic N) is 4. The lowest BCUT2D eigenvalue weighted by atomic mass is 10.0. The summed E-state index contributed by atoms with van der Waals surface area (Å²) in [6, 6.07) is 1.23. The molecule has 1 fully saturated rings. The first-order chi connectivity index (χ1) is 15.2. The Bertz CT molecular complexity index is 1040. The quantitative estimate of drug-likeness (QED) is 0.538. The van der Waals surface area contributed by atoms with E-state index < -0.39 is 18.6 Å². The number of halogens is 4. The standard InChI is InChI=1S/C22H24ClF3N4O2/c1-3-32-21(31)20-16-12-30(28-18(16)5-7-29(20)2)11-13-8-17(23)19(27-10-13)15-9-14(15)4-6-22(24,25)26/h5,7-8,10,12,14-15,20H,3-4,6,9,11H2,1-2H3. The average Bonchev–Trinajstić information content (AvgIpc) is 3.36. The van der Waals surface area contributed by atoms with E-state index in [1.807, 2.05) is 12.3 Å². The fraction of sp³-hybridized carbons (Fsp3) is 0.500. The van der Waals surface area contributed by atoms with Crippen molar-refractivity contribution in [3.63, 3.8) is 0 Å². The van der Waals surface area contributed by atoms with E-state index in [9.17, 15) is 18.0 Å². The number of esters is 1. The lowest BCUT2D eigenvalue weighted by Crippen LogP contribution is -2.30. The molecule has 2 aromatic rings. The Morgan fingerprint density at radius 2 is 2.16 bits per heavy atom. The highest BCUT2D eigenvalue weighted by molar-refractivity contribution is 6.31. The number of carbonyl (C=O) groups excluding carboxylic acids is 1. The minimum Gasteiger partial charge on any atom is -0.464 e. The molecule has 0 bridgehead atoms. The van der Waals surface area contributed by atoms with Gasteiger partial charge in [0.15, 0.2) is 6.04 Å². The third kappa shape index (κ3) is 4.92. The van der Waals surface area contributed by atoms with Gasteiger partial charge in [-0.15, -0.1) is 0 Å². The maximum absolute atomic E-state index is 12.4. The summed E-state index contributed by atoms with van der Waals surface area (Å²) in [7, 11) is 1.81. The number of hydrogen-bond acceptors (Lipinski definition) is 5. The summed E-state index contributed by atoms with van der Waals surface area (Å²) in [5, 5.41) is 5.01. The third-order valence-corrected chi connectivity index (χ3v) is 6.15. The second kappa shape index (κ2) is 8.77. The Kier molecular flexibility index (Phi) is 6.20. The van der Waals surface area contributed by atoms with Crippen LogP contribution in [0.15, 0.2) is 24.7 Å². The number of rotatable bonds is 7. The normalized spacial score (nSPS) is 22.1. The summed E-state index contributed by atoms with van der Waals surface area (Å²) < 4.78 is 44.2. The van der Waals surface area contributed by atoms with Gasteiger partial charge in [0.2, 0.25) is 0 Å². The van der Waals surface area contributed by atoms with Crippen LogP contribution >= 0.6 is 11.6 Å². The van der Waals surface area contributed by atoms with Gasteiger partial charge >= 0.3 is 12.1 Å². The minimum atomic E-state index is -4.13. The van der Waals surface area contributed by atoms with Gasteiger partial charge in [-0.25, -0.2) is 4.79 Å². The van der Waals surface area contributed by atoms with E-state index in [0.717, 1.165) is 11.1 Å². The lowest BCUT2D eigenvalue weighted by molar-refractivity contribution is -0.148. The molecule has 2 aliphatic rings. The van der Waals surface area contributed by atoms with E-state index in [2.05, 4.69) is 10.1 Å². The van der Waals surface area contributed by atoms with Crippen molar-refractivity contribution >= 4 is 23.6 Å². The maximum atomic E-state index is 12.4. The van der Waals surface area contributed by atoms with Crippen LogP contribution in [-0.2, 0) is 16.1 Å². The largest absolute Gasteiger partial charge is 0.464 e. The van der Waals surface area contributed by atoms with Crippen LogP contribution in [-0.4, -0.2) is 45.5 Å². The molecule has 172 valence electrons. The van der Waals surface area contributed by atoms with Crippen molar-refractivity contribution in [1.29, 1.82) is 0 Å². The van der Waals surface area contributed by atoms with Gasteiger partial charge < -0.3 is 9.64 Å². The lowest BCUT2D eigenvalue weighted by Gasteiger charge is -2.27. The van der Waals surface area contributed by atoms with Crippen molar-refractivity contribution in [2.24, 2.45) is 5.92 Å². The van der Waals surface area contributed by atoms with Crippen molar-refractivity contribution in [3.8, 4) is 0 Å². The summed E-state index contributed by atoms with van der Waals surface area (Å²) in [6.45, 7) is 2.46. The van der Waals surface area contributed by atoms with E-state index >= 15 is 0 Å². The van der Waals surface area contributed by atoms with E-state index in [4.69, 9.17) is 16.3 Å². The molecule has 3 atom stereocenters. The highest BCUT2D eigenvalue weighted by Crippen LogP contribution is 2.52. The zero-order chi connectivity index (χ0) is 23.0. The summed E-state index contributed by atoms with van der Waals surface area (Å²) in [6.07, 6.45) is 3.01. The van der Waals surface area contributed by atoms with E-state index in [1.165, 1.54) is 0 Å². The van der Waals surface area contributed by atoms with Gasteiger partial charge in [-0.2, -0.15) is 18.3 Å². The Morgan fingerprint density at radius 3 is 2.84 bits per heavy atom. The van der Waals surface area contributed by atoms with Crippen molar-refractivity contribution < 1.29 is 22.7 Å². The van der Waals surface area contributed by atoms with Crippen LogP contribution in [0.1, 0.15) is 60.7 Å². The zero-order valence-electron chi connectivity index (χ0n) is 17.8. The molecule has 1 aliphatic carbocycles. The first-order valence-corrected chi connectivity index (χ1v) is 10.9. The highest BCUT2D eigenvalue weighted by atomic mass is 35.5. The molecule has 1 saturated carbocycles. The van der Waals surface area contributed by atoms with E-state index in [0.29, 0.717) is 36.0 Å². The Labute approximate surface area is 189 Å². The number of pyridine rings is 1. The van der Waals surface area contributed by atoms with Gasteiger partial charge in [0.25, 0.3) is 0 Å². The number of alkyl halides is 3. The van der Waals surface area contributed by atoms with Crippen LogP contribution in [0.5, 0.6) is 0 Å². The van der Waals surface area contributed by atoms with Crippen LogP contribution < -0.4 is 0 Å². The van der Waals surface area contributed by atoms with Crippen LogP contribution in [0, 0.1) is 5.92 Å². The number of likely N-dealkylation sites (N-methyl/N-ethyl adjacent to an activating group) is 1. The Morgan fingerprint density at radius 1 is 1.38 bits per heavy atom. The zero-order valence-corrected chi connectivity index (χ0v) is 18.5. The maximum Gasteiger partial charge on any atom is 0.389 e. The molecular weight excluding hydrogens is 445 g/mol. The number of carbonyl (C=O) groups is 1. The van der Waals surface area contributed by atoms with Gasteiger partial charge in [0.05, 0.1) is 29.6 Å². The number of fused-ring (bicyclic) bond motifs is 1. The molecule has 0 aromatic carbocycles. The van der Waals surface area contributed by atoms with Crippen LogP contribution in [0.2, 0.25) is 5.02 Å². The molecule has 0 radical (unpaired) electrons. The summed E-state index contributed by atoms with van der Waals surface area (Å²) in [5.74, 6) is -0.366. The number of hydrogen-bond donors (Lipinski definition) is 0. The molecule has 4 rings (SSSR count). The van der Waals surface area contributed by atoms with Crippen LogP contribution in [0.3, 0.4) is 0 Å². The molecule has 1 aliphatic heterocycles. The number of ether oxygens (including phenoxy) is 1. The molecule has 10 heteroatoms. The van der Waals surface area contributed by atoms with Crippen molar-refractivity contribution in [2.75, 3.05) is 13.7 Å². The average molecular weight is 469 g/mol. The summed E-state index contributed by atoms with van der Waals surface area (Å²) >= 11 is 6.41. The van der Waals surface area contributed by atoms with Gasteiger partial charge in [-0.3, -0.25) is 9.67 Å². The van der Waals surface area contributed by atoms with Gasteiger partial charge in [-0.05, 0) is 43.4 Å². The fourth-order valence-electron chi connectivity index (χ4n) is 4.17. The van der Waals surface area contributed by atoms with Crippen molar-refractivity contribution in [2.45, 2.75) is 50.9 Å². The molecular formula is C22H24ClF3N4O2. The molecule has 0 N–H and O–H groups in total. The van der Waals surface area contributed by atoms with Crippen molar-refractivity contribution in [3.05, 3.63) is 52.2 Å². The van der Waals surface area contributed by atoms with E-state index in [-0.39, 0.29) is 24.2 Å². The first-order valence-electron chi connectivity index (χ1n) is 10.5. The topological polar surface area (TPSA) is 60.3 Å². The molecule has 32 heavy (non-hydrogen) atoms. The fourth-order valence-corrected chi connectivity index (χ4v) is 4.50. The summed E-state index contributed by atoms with van der Waals surface area (Å²) in [5.41, 5.74) is 2.93. The van der Waals surface area contributed by atoms with Gasteiger partial charge in [0.1, 0.15) is 0 Å². The second-order valence-electron chi connectivity index (χ2n) is 8.27. The monoisotopic (exact) mass is 468 g/mol. The molecule has 0 spiro atoms. The first kappa shape index (κ1) is 22.6. The summed E-state index contributed by atoms with van der Waals surface area (Å²) in [4.78, 5) is 18.6. The predicted octanol–water partition coefficient (Wildman–Crippen LogP) is 4.95. The molecule has 2 aromatic heterocycles. The molecule has 3 unspecified atom stereocenters. The SMILES string of the molecule is CCOC(=O)C1c2cn(Cc3cnc(C4CC4CCC(F)(F)F)c(Cl)c3)nc2C=CN1C. The van der Waals surface area contributed by atoms with Gasteiger partial charge in [0, 0.05) is 43.5 Å². The molecule has 3 heterocycles. The Balaban J connectivity index is 1.45. The van der Waals surface area contributed by atoms with Crippen LogP contribution in [0.25, 0.3) is 6.08 Å². The minimum absolute atomic E-state index is 0.0121. The van der Waals surface area contributed by atoms with E-state index in [1.54, 1.807) is 42.0 Å². The Hall–Kier alpha value is -2.55. The third-order valence-electron chi connectivity index (χ3n) is 5.84.